The Labute approximate surface area is 196 Å². The maximum absolute atomic E-state index is 12.4. The molecule has 33 heavy (non-hydrogen) atoms. The zero-order valence-electron chi connectivity index (χ0n) is 18.4. The van der Waals surface area contributed by atoms with Crippen LogP contribution in [0.15, 0.2) is 77.2 Å². The second-order valence-electron chi connectivity index (χ2n) is 7.58. The summed E-state index contributed by atoms with van der Waals surface area (Å²) in [5.74, 6) is -0.589. The molecule has 0 atom stereocenters. The van der Waals surface area contributed by atoms with Crippen molar-refractivity contribution in [1.29, 1.82) is 0 Å². The summed E-state index contributed by atoms with van der Waals surface area (Å²) in [6.45, 7) is 3.47. The Balaban J connectivity index is 1.39. The first-order valence-corrected chi connectivity index (χ1v) is 11.4. The molecule has 0 fully saturated rings. The average Bonchev–Trinajstić information content (AvgIpc) is 3.28. The van der Waals surface area contributed by atoms with Gasteiger partial charge in [-0.05, 0) is 28.8 Å². The van der Waals surface area contributed by atoms with Gasteiger partial charge in [-0.2, -0.15) is 10.1 Å². The highest BCUT2D eigenvalue weighted by molar-refractivity contribution is 7.14. The van der Waals surface area contributed by atoms with E-state index in [1.54, 1.807) is 11.6 Å². The van der Waals surface area contributed by atoms with Gasteiger partial charge in [-0.3, -0.25) is 9.59 Å². The molecule has 0 aliphatic carbocycles. The van der Waals surface area contributed by atoms with Crippen LogP contribution in [-0.2, 0) is 27.4 Å². The van der Waals surface area contributed by atoms with Crippen molar-refractivity contribution in [2.75, 3.05) is 5.01 Å². The van der Waals surface area contributed by atoms with Crippen LogP contribution in [0, 0.1) is 6.92 Å². The molecule has 1 heterocycles. The molecular formula is C26H23N3O3S. The van der Waals surface area contributed by atoms with E-state index in [0.717, 1.165) is 27.5 Å². The Morgan fingerprint density at radius 2 is 1.82 bits per heavy atom. The maximum Gasteiger partial charge on any atom is 0.310 e. The number of aryl methyl sites for hydroxylation is 1. The van der Waals surface area contributed by atoms with Gasteiger partial charge in [-0.25, -0.2) is 4.98 Å². The summed E-state index contributed by atoms with van der Waals surface area (Å²) in [5.41, 5.74) is 3.52. The normalized spacial score (nSPS) is 11.1. The van der Waals surface area contributed by atoms with Crippen LogP contribution in [0.2, 0.25) is 0 Å². The number of nitrogens with zero attached hydrogens (tertiary/aromatic N) is 3. The first-order chi connectivity index (χ1) is 16.0. The highest BCUT2D eigenvalue weighted by atomic mass is 32.1. The predicted molar refractivity (Wildman–Crippen MR) is 131 cm³/mol. The van der Waals surface area contributed by atoms with Crippen molar-refractivity contribution in [2.24, 2.45) is 5.10 Å². The van der Waals surface area contributed by atoms with Gasteiger partial charge in [-0.15, -0.1) is 11.3 Å². The number of hydrogen-bond donors (Lipinski definition) is 0. The molecule has 7 heteroatoms. The van der Waals surface area contributed by atoms with Gasteiger partial charge in [0.2, 0.25) is 11.0 Å². The third-order valence-electron chi connectivity index (χ3n) is 5.01. The van der Waals surface area contributed by atoms with E-state index in [4.69, 9.17) is 4.74 Å². The van der Waals surface area contributed by atoms with Crippen molar-refractivity contribution in [1.82, 2.24) is 4.98 Å². The number of anilines is 1. The number of hydrazone groups is 1. The fraction of sp³-hybridized carbons (Fsp3) is 0.154. The van der Waals surface area contributed by atoms with Gasteiger partial charge in [0.05, 0.1) is 18.3 Å². The number of thiazole rings is 1. The van der Waals surface area contributed by atoms with E-state index in [1.165, 1.54) is 23.3 Å². The number of ether oxygens (including phenoxy) is 1. The zero-order chi connectivity index (χ0) is 23.2. The molecule has 0 bridgehead atoms. The lowest BCUT2D eigenvalue weighted by atomic mass is 10.0. The van der Waals surface area contributed by atoms with E-state index in [0.29, 0.717) is 10.8 Å². The molecule has 1 amide bonds. The fourth-order valence-electron chi connectivity index (χ4n) is 3.31. The minimum absolute atomic E-state index is 0.0352. The molecule has 0 saturated carbocycles. The maximum atomic E-state index is 12.4. The SMILES string of the molecule is CC(=O)N(/N=C\c1ccc(C)cc1)c1nc(COC(=O)Cc2cccc3ccccc23)cs1. The van der Waals surface area contributed by atoms with Gasteiger partial charge in [0, 0.05) is 12.3 Å². The Morgan fingerprint density at radius 1 is 1.06 bits per heavy atom. The minimum atomic E-state index is -0.332. The summed E-state index contributed by atoms with van der Waals surface area (Å²) in [4.78, 5) is 28.9. The van der Waals surface area contributed by atoms with E-state index in [1.807, 2.05) is 73.7 Å². The van der Waals surface area contributed by atoms with E-state index < -0.39 is 0 Å². The number of carbonyl (C=O) groups is 2. The summed E-state index contributed by atoms with van der Waals surface area (Å²) >= 11 is 1.27. The van der Waals surface area contributed by atoms with E-state index in [9.17, 15) is 9.59 Å². The zero-order valence-corrected chi connectivity index (χ0v) is 19.2. The molecule has 0 N–H and O–H groups in total. The smallest absolute Gasteiger partial charge is 0.310 e. The van der Waals surface area contributed by atoms with Gasteiger partial charge in [0.1, 0.15) is 6.61 Å². The highest BCUT2D eigenvalue weighted by Gasteiger charge is 2.16. The predicted octanol–water partition coefficient (Wildman–Crippen LogP) is 5.28. The number of rotatable bonds is 7. The van der Waals surface area contributed by atoms with Gasteiger partial charge in [0.25, 0.3) is 0 Å². The molecule has 0 aliphatic rings. The number of fused-ring (bicyclic) bond motifs is 1. The molecule has 4 aromatic rings. The quantitative estimate of drug-likeness (QED) is 0.215. The molecule has 0 radical (unpaired) electrons. The van der Waals surface area contributed by atoms with Crippen molar-refractivity contribution in [2.45, 2.75) is 26.9 Å². The number of benzene rings is 3. The number of esters is 1. The molecule has 4 rings (SSSR count). The largest absolute Gasteiger partial charge is 0.459 e. The summed E-state index contributed by atoms with van der Waals surface area (Å²) in [7, 11) is 0. The second-order valence-corrected chi connectivity index (χ2v) is 8.42. The van der Waals surface area contributed by atoms with Crippen LogP contribution < -0.4 is 5.01 Å². The summed E-state index contributed by atoms with van der Waals surface area (Å²) in [6.07, 6.45) is 1.80. The lowest BCUT2D eigenvalue weighted by Gasteiger charge is -2.10. The third-order valence-corrected chi connectivity index (χ3v) is 5.88. The molecule has 3 aromatic carbocycles. The van der Waals surface area contributed by atoms with Crippen LogP contribution in [0.25, 0.3) is 10.8 Å². The lowest BCUT2D eigenvalue weighted by Crippen LogP contribution is -2.22. The van der Waals surface area contributed by atoms with Gasteiger partial charge in [0.15, 0.2) is 0 Å². The Bertz CT molecular complexity index is 1310. The van der Waals surface area contributed by atoms with Crippen LogP contribution >= 0.6 is 11.3 Å². The average molecular weight is 458 g/mol. The van der Waals surface area contributed by atoms with Crippen molar-refractivity contribution in [3.63, 3.8) is 0 Å². The number of hydrogen-bond acceptors (Lipinski definition) is 6. The van der Waals surface area contributed by atoms with Gasteiger partial charge < -0.3 is 4.74 Å². The van der Waals surface area contributed by atoms with Crippen LogP contribution in [0.5, 0.6) is 0 Å². The van der Waals surface area contributed by atoms with Crippen LogP contribution in [-0.4, -0.2) is 23.1 Å². The first kappa shape index (κ1) is 22.4. The van der Waals surface area contributed by atoms with Crippen LogP contribution in [0.4, 0.5) is 5.13 Å². The van der Waals surface area contributed by atoms with Crippen molar-refractivity contribution >= 4 is 45.3 Å². The standard InChI is InChI=1S/C26H23N3O3S/c1-18-10-12-20(13-11-18)15-27-29(19(2)30)26-28-23(17-33-26)16-32-25(31)14-22-8-5-7-21-6-3-4-9-24(21)22/h3-13,15,17H,14,16H2,1-2H3/b27-15-. The fourth-order valence-corrected chi connectivity index (χ4v) is 4.12. The lowest BCUT2D eigenvalue weighted by molar-refractivity contribution is -0.144. The summed E-state index contributed by atoms with van der Waals surface area (Å²) < 4.78 is 5.44. The monoisotopic (exact) mass is 457 g/mol. The Kier molecular flexibility index (Phi) is 6.90. The van der Waals surface area contributed by atoms with Gasteiger partial charge in [-0.1, -0.05) is 72.3 Å². The van der Waals surface area contributed by atoms with Crippen LogP contribution in [0.3, 0.4) is 0 Å². The Morgan fingerprint density at radius 3 is 2.61 bits per heavy atom. The number of aromatic nitrogens is 1. The summed E-state index contributed by atoms with van der Waals surface area (Å²) in [5, 5.41) is 9.84. The Hall–Kier alpha value is -3.84. The topological polar surface area (TPSA) is 71.9 Å². The molecule has 166 valence electrons. The summed E-state index contributed by atoms with van der Waals surface area (Å²) in [6, 6.07) is 21.6. The minimum Gasteiger partial charge on any atom is -0.459 e. The number of amides is 1. The van der Waals surface area contributed by atoms with E-state index in [-0.39, 0.29) is 24.9 Å². The molecule has 0 unspecified atom stereocenters. The van der Waals surface area contributed by atoms with Crippen molar-refractivity contribution in [3.05, 3.63) is 94.5 Å². The molecule has 6 nitrogen and oxygen atoms in total. The van der Waals surface area contributed by atoms with Gasteiger partial charge >= 0.3 is 5.97 Å². The molecule has 0 saturated heterocycles. The van der Waals surface area contributed by atoms with Crippen LogP contribution in [0.1, 0.15) is 29.3 Å². The second kappa shape index (κ2) is 10.2. The molecule has 0 aliphatic heterocycles. The molecule has 0 spiro atoms. The van der Waals surface area contributed by atoms with Crippen molar-refractivity contribution < 1.29 is 14.3 Å². The number of carbonyl (C=O) groups excluding carboxylic acids is 2. The molecule has 1 aromatic heterocycles. The van der Waals surface area contributed by atoms with Crippen molar-refractivity contribution in [3.8, 4) is 0 Å². The third kappa shape index (κ3) is 5.70. The first-order valence-electron chi connectivity index (χ1n) is 10.5. The van der Waals surface area contributed by atoms with E-state index >= 15 is 0 Å². The molecular weight excluding hydrogens is 434 g/mol. The highest BCUT2D eigenvalue weighted by Crippen LogP contribution is 2.23. The van der Waals surface area contributed by atoms with E-state index in [2.05, 4.69) is 10.1 Å².